The van der Waals surface area contributed by atoms with Crippen LogP contribution in [0.25, 0.3) is 0 Å². The summed E-state index contributed by atoms with van der Waals surface area (Å²) < 4.78 is 48.6. The highest BCUT2D eigenvalue weighted by Gasteiger charge is 2.30. The van der Waals surface area contributed by atoms with Crippen molar-refractivity contribution in [1.82, 2.24) is 0 Å². The highest BCUT2D eigenvalue weighted by molar-refractivity contribution is 6.04. The van der Waals surface area contributed by atoms with E-state index in [0.717, 1.165) is 12.1 Å². The first-order chi connectivity index (χ1) is 10.9. The van der Waals surface area contributed by atoms with E-state index in [1.165, 1.54) is 12.1 Å². The monoisotopic (exact) mass is 323 g/mol. The molecule has 0 saturated carbocycles. The number of ether oxygens (including phenoxy) is 2. The van der Waals surface area contributed by atoms with Crippen molar-refractivity contribution in [3.05, 3.63) is 53.6 Å². The molecule has 1 unspecified atom stereocenters. The lowest BCUT2D eigenvalue weighted by Gasteiger charge is -2.23. The second-order valence-electron chi connectivity index (χ2n) is 5.04. The van der Waals surface area contributed by atoms with Gasteiger partial charge < -0.3 is 15.2 Å². The molecule has 4 nitrogen and oxygen atoms in total. The molecule has 1 aliphatic rings. The number of halogens is 3. The number of fused-ring (bicyclic) bond motifs is 1. The highest BCUT2D eigenvalue weighted by atomic mass is 19.4. The third-order valence-corrected chi connectivity index (χ3v) is 3.40. The Bertz CT molecular complexity index is 741. The lowest BCUT2D eigenvalue weighted by atomic mass is 10.0. The summed E-state index contributed by atoms with van der Waals surface area (Å²) >= 11 is 0. The van der Waals surface area contributed by atoms with E-state index in [1.54, 1.807) is 18.2 Å². The summed E-state index contributed by atoms with van der Waals surface area (Å²) in [6.45, 7) is 0.0270. The van der Waals surface area contributed by atoms with Gasteiger partial charge in [0.25, 0.3) is 0 Å². The summed E-state index contributed by atoms with van der Waals surface area (Å²) in [4.78, 5) is 12.0. The first kappa shape index (κ1) is 15.4. The minimum absolute atomic E-state index is 0.0270. The van der Waals surface area contributed by atoms with Crippen molar-refractivity contribution in [3.63, 3.8) is 0 Å². The number of nitrogens with two attached hydrogens (primary N) is 1. The maximum absolute atomic E-state index is 12.5. The summed E-state index contributed by atoms with van der Waals surface area (Å²) in [5, 5.41) is 0. The van der Waals surface area contributed by atoms with Crippen molar-refractivity contribution in [2.24, 2.45) is 5.73 Å². The first-order valence-electron chi connectivity index (χ1n) is 6.77. The van der Waals surface area contributed by atoms with Crippen molar-refractivity contribution in [1.29, 1.82) is 0 Å². The Labute approximate surface area is 129 Å². The molecule has 2 N–H and O–H groups in total. The smallest absolute Gasteiger partial charge is 0.416 e. The largest absolute Gasteiger partial charge is 0.487 e. The van der Waals surface area contributed by atoms with Crippen LogP contribution in [0, 0.1) is 0 Å². The van der Waals surface area contributed by atoms with Crippen LogP contribution in [0.4, 0.5) is 13.2 Å². The molecule has 0 amide bonds. The van der Waals surface area contributed by atoms with Gasteiger partial charge in [-0.15, -0.1) is 0 Å². The second-order valence-corrected chi connectivity index (χ2v) is 5.04. The molecule has 0 aliphatic carbocycles. The Morgan fingerprint density at radius 1 is 1.13 bits per heavy atom. The Morgan fingerprint density at radius 3 is 2.48 bits per heavy atom. The maximum atomic E-state index is 12.5. The van der Waals surface area contributed by atoms with E-state index in [-0.39, 0.29) is 29.6 Å². The van der Waals surface area contributed by atoms with Crippen molar-refractivity contribution >= 4 is 5.78 Å². The molecule has 0 saturated heterocycles. The molecule has 0 radical (unpaired) electrons. The molecule has 1 atom stereocenters. The summed E-state index contributed by atoms with van der Waals surface area (Å²) in [5.74, 6) is 0.447. The zero-order valence-corrected chi connectivity index (χ0v) is 11.8. The highest BCUT2D eigenvalue weighted by Crippen LogP contribution is 2.38. The molecular formula is C16H12F3NO3. The van der Waals surface area contributed by atoms with E-state index < -0.39 is 17.8 Å². The predicted octanol–water partition coefficient (Wildman–Crippen LogP) is 3.40. The quantitative estimate of drug-likeness (QED) is 0.920. The van der Waals surface area contributed by atoms with Gasteiger partial charge in [0.2, 0.25) is 0 Å². The van der Waals surface area contributed by atoms with Crippen LogP contribution in [0.15, 0.2) is 42.5 Å². The number of rotatable bonds is 2. The van der Waals surface area contributed by atoms with E-state index >= 15 is 0 Å². The van der Waals surface area contributed by atoms with Crippen LogP contribution in [-0.4, -0.2) is 18.4 Å². The van der Waals surface area contributed by atoms with Crippen LogP contribution in [0.5, 0.6) is 17.2 Å². The molecule has 23 heavy (non-hydrogen) atoms. The number of carbonyl (C=O) groups excluding carboxylic acids is 1. The normalized spacial score (nSPS) is 17.4. The van der Waals surface area contributed by atoms with E-state index in [1.807, 2.05) is 0 Å². The van der Waals surface area contributed by atoms with E-state index in [4.69, 9.17) is 15.2 Å². The number of hydrogen-bond acceptors (Lipinski definition) is 4. The zero-order chi connectivity index (χ0) is 16.6. The molecule has 0 fully saturated rings. The number of carbonyl (C=O) groups is 1. The molecule has 2 aromatic carbocycles. The van der Waals surface area contributed by atoms with Gasteiger partial charge in [0.05, 0.1) is 11.1 Å². The number of benzene rings is 2. The van der Waals surface area contributed by atoms with Crippen LogP contribution in [0.1, 0.15) is 15.9 Å². The van der Waals surface area contributed by atoms with Gasteiger partial charge >= 0.3 is 6.18 Å². The molecule has 120 valence electrons. The van der Waals surface area contributed by atoms with Crippen molar-refractivity contribution in [2.45, 2.75) is 12.2 Å². The molecule has 1 heterocycles. The van der Waals surface area contributed by atoms with Crippen LogP contribution >= 0.6 is 0 Å². The first-order valence-corrected chi connectivity index (χ1v) is 6.77. The number of ketones is 1. The van der Waals surface area contributed by atoms with E-state index in [0.29, 0.717) is 5.56 Å². The molecule has 0 bridgehead atoms. The summed E-state index contributed by atoms with van der Waals surface area (Å²) in [6, 6.07) is 8.26. The van der Waals surface area contributed by atoms with Gasteiger partial charge in [0.1, 0.15) is 18.4 Å². The Hall–Kier alpha value is -2.54. The van der Waals surface area contributed by atoms with E-state index in [9.17, 15) is 18.0 Å². The Balaban J connectivity index is 1.88. The van der Waals surface area contributed by atoms with Crippen LogP contribution in [0.2, 0.25) is 0 Å². The minimum Gasteiger partial charge on any atom is -0.487 e. The second kappa shape index (κ2) is 5.58. The average molecular weight is 323 g/mol. The van der Waals surface area contributed by atoms with Crippen molar-refractivity contribution in [3.8, 4) is 17.2 Å². The fraction of sp³-hybridized carbons (Fsp3) is 0.188. The third kappa shape index (κ3) is 3.00. The minimum atomic E-state index is -4.41. The number of alkyl halides is 3. The number of para-hydroxylation sites is 1. The van der Waals surface area contributed by atoms with Gasteiger partial charge in [-0.3, -0.25) is 4.79 Å². The fourth-order valence-corrected chi connectivity index (χ4v) is 2.23. The van der Waals surface area contributed by atoms with Crippen LogP contribution in [-0.2, 0) is 6.18 Å². The van der Waals surface area contributed by atoms with Gasteiger partial charge in [-0.05, 0) is 36.4 Å². The van der Waals surface area contributed by atoms with Crippen molar-refractivity contribution in [2.75, 3.05) is 6.61 Å². The Morgan fingerprint density at radius 2 is 1.83 bits per heavy atom. The van der Waals surface area contributed by atoms with Gasteiger partial charge in [0.15, 0.2) is 17.3 Å². The van der Waals surface area contributed by atoms with Crippen molar-refractivity contribution < 1.29 is 27.4 Å². The number of Topliss-reactive ketones (excluding diaryl/α,β-unsaturated/α-hetero) is 1. The lowest BCUT2D eigenvalue weighted by molar-refractivity contribution is -0.137. The molecule has 2 aromatic rings. The average Bonchev–Trinajstić information content (AvgIpc) is 2.51. The number of hydrogen-bond donors (Lipinski definition) is 1. The standard InChI is InChI=1S/C16H12F3NO3/c17-16(18,19)9-4-6-10(7-5-9)23-13-3-1-2-11-14(21)12(20)8-22-15(11)13/h1-7,12H,8,20H2. The molecule has 0 aromatic heterocycles. The summed E-state index contributed by atoms with van der Waals surface area (Å²) in [5.41, 5.74) is 5.16. The topological polar surface area (TPSA) is 61.6 Å². The summed E-state index contributed by atoms with van der Waals surface area (Å²) in [7, 11) is 0. The van der Waals surface area contributed by atoms with Gasteiger partial charge in [-0.1, -0.05) is 6.07 Å². The maximum Gasteiger partial charge on any atom is 0.416 e. The van der Waals surface area contributed by atoms with Gasteiger partial charge in [-0.25, -0.2) is 0 Å². The lowest BCUT2D eigenvalue weighted by Crippen LogP contribution is -2.40. The van der Waals surface area contributed by atoms with Crippen LogP contribution < -0.4 is 15.2 Å². The summed E-state index contributed by atoms with van der Waals surface area (Å²) in [6.07, 6.45) is -4.41. The van der Waals surface area contributed by atoms with Gasteiger partial charge in [-0.2, -0.15) is 13.2 Å². The van der Waals surface area contributed by atoms with Crippen LogP contribution in [0.3, 0.4) is 0 Å². The molecular weight excluding hydrogens is 311 g/mol. The molecule has 7 heteroatoms. The zero-order valence-electron chi connectivity index (χ0n) is 11.8. The predicted molar refractivity (Wildman–Crippen MR) is 75.8 cm³/mol. The Kier molecular flexibility index (Phi) is 3.73. The fourth-order valence-electron chi connectivity index (χ4n) is 2.23. The third-order valence-electron chi connectivity index (χ3n) is 3.40. The molecule has 1 aliphatic heterocycles. The SMILES string of the molecule is NC1COc2c(Oc3ccc(C(F)(F)F)cc3)cccc2C1=O. The molecule has 0 spiro atoms. The van der Waals surface area contributed by atoms with Gasteiger partial charge in [0, 0.05) is 0 Å². The van der Waals surface area contributed by atoms with E-state index in [2.05, 4.69) is 0 Å². The molecule has 3 rings (SSSR count).